The summed E-state index contributed by atoms with van der Waals surface area (Å²) in [5.41, 5.74) is 2.85. The van der Waals surface area contributed by atoms with Gasteiger partial charge in [0.1, 0.15) is 0 Å². The van der Waals surface area contributed by atoms with E-state index in [9.17, 15) is 4.79 Å². The second kappa shape index (κ2) is 9.87. The van der Waals surface area contributed by atoms with E-state index in [1.54, 1.807) is 12.1 Å². The van der Waals surface area contributed by atoms with Gasteiger partial charge in [0.2, 0.25) is 5.91 Å². The molecule has 7 nitrogen and oxygen atoms in total. The summed E-state index contributed by atoms with van der Waals surface area (Å²) in [6, 6.07) is 13.5. The van der Waals surface area contributed by atoms with Gasteiger partial charge in [-0.3, -0.25) is 9.36 Å². The number of aryl methyl sites for hydroxylation is 1. The number of likely N-dealkylation sites (tertiary alicyclic amines) is 1. The fourth-order valence-electron chi connectivity index (χ4n) is 4.21. The summed E-state index contributed by atoms with van der Waals surface area (Å²) in [4.78, 5) is 14.8. The molecule has 0 atom stereocenters. The van der Waals surface area contributed by atoms with Crippen molar-refractivity contribution in [1.29, 1.82) is 0 Å². The molecule has 0 bridgehead atoms. The zero-order valence-corrected chi connectivity index (χ0v) is 21.0. The van der Waals surface area contributed by atoms with Gasteiger partial charge in [0.15, 0.2) is 16.8 Å². The summed E-state index contributed by atoms with van der Waals surface area (Å²) in [6.45, 7) is 4.52. The van der Waals surface area contributed by atoms with E-state index in [4.69, 9.17) is 32.7 Å². The first-order valence-corrected chi connectivity index (χ1v) is 12.8. The Bertz CT molecular complexity index is 1190. The van der Waals surface area contributed by atoms with E-state index in [1.807, 2.05) is 46.7 Å². The van der Waals surface area contributed by atoms with Gasteiger partial charge in [-0.2, -0.15) is 0 Å². The summed E-state index contributed by atoms with van der Waals surface area (Å²) < 4.78 is 13.4. The summed E-state index contributed by atoms with van der Waals surface area (Å²) >= 11 is 13.8. The van der Waals surface area contributed by atoms with Gasteiger partial charge in [-0.25, -0.2) is 0 Å². The Morgan fingerprint density at radius 1 is 1.03 bits per heavy atom. The molecule has 3 aromatic rings. The van der Waals surface area contributed by atoms with Crippen LogP contribution >= 0.6 is 35.0 Å². The maximum absolute atomic E-state index is 13.0. The largest absolute Gasteiger partial charge is 0.347 e. The SMILES string of the molecule is Cc1ccc(-c2nnc(SCC(=O)N3CCC4(CC3)OCCO4)n2-c2ccc(Cl)c(Cl)c2)cc1. The first-order chi connectivity index (χ1) is 16.4. The van der Waals surface area contributed by atoms with E-state index in [0.29, 0.717) is 60.2 Å². The molecule has 2 aliphatic heterocycles. The van der Waals surface area contributed by atoms with E-state index in [-0.39, 0.29) is 11.7 Å². The average Bonchev–Trinajstić information content (AvgIpc) is 3.48. The van der Waals surface area contributed by atoms with Gasteiger partial charge in [-0.15, -0.1) is 10.2 Å². The van der Waals surface area contributed by atoms with Crippen LogP contribution in [0, 0.1) is 6.92 Å². The van der Waals surface area contributed by atoms with Crippen LogP contribution in [0.15, 0.2) is 47.6 Å². The van der Waals surface area contributed by atoms with Crippen LogP contribution in [-0.4, -0.2) is 63.4 Å². The Morgan fingerprint density at radius 2 is 1.74 bits per heavy atom. The van der Waals surface area contributed by atoms with Crippen LogP contribution in [0.3, 0.4) is 0 Å². The van der Waals surface area contributed by atoms with Crippen molar-refractivity contribution >= 4 is 40.9 Å². The van der Waals surface area contributed by atoms with Crippen molar-refractivity contribution in [3.05, 3.63) is 58.1 Å². The predicted octanol–water partition coefficient (Wildman–Crippen LogP) is 5.01. The number of ether oxygens (including phenoxy) is 2. The highest BCUT2D eigenvalue weighted by atomic mass is 35.5. The molecule has 1 amide bonds. The topological polar surface area (TPSA) is 69.5 Å². The molecule has 0 N–H and O–H groups in total. The second-order valence-electron chi connectivity index (χ2n) is 8.38. The summed E-state index contributed by atoms with van der Waals surface area (Å²) in [6.07, 6.45) is 1.39. The van der Waals surface area contributed by atoms with Crippen molar-refractivity contribution in [2.45, 2.75) is 30.7 Å². The monoisotopic (exact) mass is 518 g/mol. The smallest absolute Gasteiger partial charge is 0.233 e. The lowest BCUT2D eigenvalue weighted by molar-refractivity contribution is -0.186. The molecule has 0 saturated carbocycles. The van der Waals surface area contributed by atoms with E-state index >= 15 is 0 Å². The molecule has 2 aromatic carbocycles. The van der Waals surface area contributed by atoms with Crippen LogP contribution in [0.2, 0.25) is 10.0 Å². The Kier molecular flexibility index (Phi) is 6.86. The van der Waals surface area contributed by atoms with Gasteiger partial charge in [0, 0.05) is 31.5 Å². The van der Waals surface area contributed by atoms with Crippen LogP contribution in [0.5, 0.6) is 0 Å². The third-order valence-corrected chi connectivity index (χ3v) is 7.77. The third kappa shape index (κ3) is 4.83. The minimum atomic E-state index is -0.499. The van der Waals surface area contributed by atoms with Crippen LogP contribution in [0.4, 0.5) is 0 Å². The maximum Gasteiger partial charge on any atom is 0.233 e. The van der Waals surface area contributed by atoms with Gasteiger partial charge in [-0.1, -0.05) is 64.8 Å². The molecule has 1 spiro atoms. The second-order valence-corrected chi connectivity index (χ2v) is 10.1. The number of halogens is 2. The molecule has 34 heavy (non-hydrogen) atoms. The summed E-state index contributed by atoms with van der Waals surface area (Å²) in [5.74, 6) is 0.477. The Labute approximate surface area is 212 Å². The minimum absolute atomic E-state index is 0.0541. The molecule has 2 fully saturated rings. The number of thioether (sulfide) groups is 1. The first-order valence-electron chi connectivity index (χ1n) is 11.1. The number of hydrogen-bond acceptors (Lipinski definition) is 6. The number of carbonyl (C=O) groups is 1. The number of amides is 1. The molecule has 0 radical (unpaired) electrons. The predicted molar refractivity (Wildman–Crippen MR) is 133 cm³/mol. The molecule has 178 valence electrons. The number of aromatic nitrogens is 3. The van der Waals surface area contributed by atoms with Gasteiger partial charge in [-0.05, 0) is 25.1 Å². The van der Waals surface area contributed by atoms with Crippen LogP contribution < -0.4 is 0 Å². The number of piperidine rings is 1. The van der Waals surface area contributed by atoms with E-state index in [0.717, 1.165) is 16.8 Å². The standard InChI is InChI=1S/C24H24Cl2N4O3S/c1-16-2-4-17(5-3-16)22-27-28-23(30(22)18-6-7-19(25)20(26)14-18)34-15-21(31)29-10-8-24(9-11-29)32-12-13-33-24/h2-7,14H,8-13,15H2,1H3. The number of rotatable bonds is 5. The van der Waals surface area contributed by atoms with E-state index in [1.165, 1.54) is 11.8 Å². The number of nitrogens with zero attached hydrogens (tertiary/aromatic N) is 4. The van der Waals surface area contributed by atoms with Crippen LogP contribution in [-0.2, 0) is 14.3 Å². The van der Waals surface area contributed by atoms with Gasteiger partial charge >= 0.3 is 0 Å². The molecular weight excluding hydrogens is 495 g/mol. The average molecular weight is 519 g/mol. The summed E-state index contributed by atoms with van der Waals surface area (Å²) in [5, 5.41) is 10.4. The lowest BCUT2D eigenvalue weighted by Gasteiger charge is -2.37. The molecule has 2 aliphatic rings. The van der Waals surface area contributed by atoms with Crippen molar-refractivity contribution in [2.24, 2.45) is 0 Å². The van der Waals surface area contributed by atoms with Crippen molar-refractivity contribution in [2.75, 3.05) is 32.1 Å². The van der Waals surface area contributed by atoms with Gasteiger partial charge in [0.05, 0.1) is 34.7 Å². The molecule has 10 heteroatoms. The molecule has 0 aliphatic carbocycles. The van der Waals surface area contributed by atoms with E-state index in [2.05, 4.69) is 10.2 Å². The fourth-order valence-corrected chi connectivity index (χ4v) is 5.36. The van der Waals surface area contributed by atoms with Crippen molar-refractivity contribution < 1.29 is 14.3 Å². The van der Waals surface area contributed by atoms with Gasteiger partial charge in [0.25, 0.3) is 0 Å². The van der Waals surface area contributed by atoms with Gasteiger partial charge < -0.3 is 14.4 Å². The van der Waals surface area contributed by atoms with E-state index < -0.39 is 5.79 Å². The first kappa shape index (κ1) is 23.6. The molecule has 5 rings (SSSR count). The van der Waals surface area contributed by atoms with Crippen molar-refractivity contribution in [3.8, 4) is 17.1 Å². The Morgan fingerprint density at radius 3 is 2.41 bits per heavy atom. The fraction of sp³-hybridized carbons (Fsp3) is 0.375. The Hall–Kier alpha value is -2.10. The molecule has 3 heterocycles. The van der Waals surface area contributed by atoms with Crippen molar-refractivity contribution in [1.82, 2.24) is 19.7 Å². The maximum atomic E-state index is 13.0. The van der Waals surface area contributed by atoms with Crippen molar-refractivity contribution in [3.63, 3.8) is 0 Å². The normalized spacial score (nSPS) is 17.4. The zero-order chi connectivity index (χ0) is 23.7. The molecular formula is C24H24Cl2N4O3S. The minimum Gasteiger partial charge on any atom is -0.347 e. The highest BCUT2D eigenvalue weighted by Gasteiger charge is 2.40. The number of benzene rings is 2. The molecule has 2 saturated heterocycles. The quantitative estimate of drug-likeness (QED) is 0.442. The number of carbonyl (C=O) groups excluding carboxylic acids is 1. The molecule has 1 aromatic heterocycles. The lowest BCUT2D eigenvalue weighted by atomic mass is 10.0. The zero-order valence-electron chi connectivity index (χ0n) is 18.7. The summed E-state index contributed by atoms with van der Waals surface area (Å²) in [7, 11) is 0. The lowest BCUT2D eigenvalue weighted by Crippen LogP contribution is -2.47. The van der Waals surface area contributed by atoms with Crippen LogP contribution in [0.1, 0.15) is 18.4 Å². The Balaban J connectivity index is 1.36. The number of hydrogen-bond donors (Lipinski definition) is 0. The van der Waals surface area contributed by atoms with Crippen LogP contribution in [0.25, 0.3) is 17.1 Å². The molecule has 0 unspecified atom stereocenters. The highest BCUT2D eigenvalue weighted by molar-refractivity contribution is 7.99. The third-order valence-electron chi connectivity index (χ3n) is 6.12. The highest BCUT2D eigenvalue weighted by Crippen LogP contribution is 2.33.